The highest BCUT2D eigenvalue weighted by Crippen LogP contribution is 2.35. The monoisotopic (exact) mass is 426 g/mol. The highest BCUT2D eigenvalue weighted by molar-refractivity contribution is 5.75. The molecule has 1 aromatic carbocycles. The molecule has 1 aliphatic heterocycles. The molecule has 0 amide bonds. The lowest BCUT2D eigenvalue weighted by atomic mass is 10.0. The molecular formula is C23H43AlO5. The predicted octanol–water partition coefficient (Wildman–Crippen LogP) is 4.34. The summed E-state index contributed by atoms with van der Waals surface area (Å²) in [6.07, 6.45) is 7.02. The normalized spacial score (nSPS) is 11.6. The Morgan fingerprint density at radius 3 is 1.79 bits per heavy atom. The quantitative estimate of drug-likeness (QED) is 0.327. The zero-order valence-corrected chi connectivity index (χ0v) is 18.4. The van der Waals surface area contributed by atoms with E-state index in [1.165, 1.54) is 24.0 Å². The summed E-state index contributed by atoms with van der Waals surface area (Å²) in [6, 6.07) is 4.12. The van der Waals surface area contributed by atoms with E-state index in [-0.39, 0.29) is 17.4 Å². The molecule has 0 N–H and O–H groups in total. The minimum Gasteiger partial charge on any atom is -0.454 e. The van der Waals surface area contributed by atoms with Crippen LogP contribution in [0.25, 0.3) is 0 Å². The van der Waals surface area contributed by atoms with Crippen LogP contribution in [-0.4, -0.2) is 57.2 Å². The molecule has 0 aliphatic carbocycles. The molecule has 6 heteroatoms. The van der Waals surface area contributed by atoms with Crippen LogP contribution in [0.3, 0.4) is 0 Å². The van der Waals surface area contributed by atoms with Gasteiger partial charge in [0.1, 0.15) is 0 Å². The topological polar surface area (TPSA) is 46.2 Å². The number of rotatable bonds is 14. The number of hydrogen-bond acceptors (Lipinski definition) is 5. The van der Waals surface area contributed by atoms with Gasteiger partial charge in [0.25, 0.3) is 0 Å². The molecule has 0 spiro atoms. The molecule has 0 saturated heterocycles. The van der Waals surface area contributed by atoms with Crippen LogP contribution in [0.15, 0.2) is 12.1 Å². The van der Waals surface area contributed by atoms with E-state index in [1.54, 1.807) is 0 Å². The summed E-state index contributed by atoms with van der Waals surface area (Å²) >= 11 is 0. The molecule has 0 radical (unpaired) electrons. The van der Waals surface area contributed by atoms with Gasteiger partial charge in [-0.05, 0) is 36.1 Å². The first-order valence-corrected chi connectivity index (χ1v) is 10.9. The standard InChI is InChI=1S/C19H30O5.C4H10.Al.3H/c1-3-5-7-20-8-9-21-10-11-22-14-17-13-19-18(23-15-24-19)12-16(17)6-4-2;1-3-4-2;;;;/h12-13H,3-11,14-15H2,1-2H3;3-4H2,1-2H3;;;;. The molecule has 0 aromatic heterocycles. The molecule has 0 bridgehead atoms. The Hall–Kier alpha value is -0.768. The summed E-state index contributed by atoms with van der Waals surface area (Å²) < 4.78 is 27.6. The lowest BCUT2D eigenvalue weighted by Gasteiger charge is -2.11. The molecule has 0 saturated carbocycles. The first-order valence-electron chi connectivity index (χ1n) is 10.9. The molecule has 168 valence electrons. The lowest BCUT2D eigenvalue weighted by Crippen LogP contribution is -2.10. The molecular weight excluding hydrogens is 383 g/mol. The Morgan fingerprint density at radius 2 is 1.24 bits per heavy atom. The molecule has 0 atom stereocenters. The van der Waals surface area contributed by atoms with Crippen molar-refractivity contribution in [3.63, 3.8) is 0 Å². The van der Waals surface area contributed by atoms with Crippen molar-refractivity contribution in [3.05, 3.63) is 23.3 Å². The second-order valence-electron chi connectivity index (χ2n) is 6.86. The largest absolute Gasteiger partial charge is 0.454 e. The first-order chi connectivity index (χ1) is 13.8. The number of ether oxygens (including phenoxy) is 5. The van der Waals surface area contributed by atoms with Crippen molar-refractivity contribution in [2.24, 2.45) is 0 Å². The van der Waals surface area contributed by atoms with Crippen molar-refractivity contribution >= 4 is 17.4 Å². The van der Waals surface area contributed by atoms with E-state index in [1.807, 2.05) is 6.07 Å². The van der Waals surface area contributed by atoms with Crippen LogP contribution < -0.4 is 9.47 Å². The van der Waals surface area contributed by atoms with E-state index in [0.29, 0.717) is 39.8 Å². The van der Waals surface area contributed by atoms with Gasteiger partial charge >= 0.3 is 0 Å². The van der Waals surface area contributed by atoms with E-state index < -0.39 is 0 Å². The summed E-state index contributed by atoms with van der Waals surface area (Å²) in [5, 5.41) is 0. The predicted molar refractivity (Wildman–Crippen MR) is 123 cm³/mol. The van der Waals surface area contributed by atoms with Gasteiger partial charge in [0.2, 0.25) is 6.79 Å². The number of benzene rings is 1. The van der Waals surface area contributed by atoms with Crippen LogP contribution in [-0.2, 0) is 27.2 Å². The van der Waals surface area contributed by atoms with Gasteiger partial charge in [-0.2, -0.15) is 0 Å². The summed E-state index contributed by atoms with van der Waals surface area (Å²) in [6.45, 7) is 12.8. The second-order valence-corrected chi connectivity index (χ2v) is 6.86. The third-order valence-corrected chi connectivity index (χ3v) is 4.36. The SMILES string of the molecule is CCCC.CCCCOCCOCCOCc1cc2c(cc1CCC)OCO2.[AlH3]. The van der Waals surface area contributed by atoms with E-state index in [4.69, 9.17) is 23.7 Å². The van der Waals surface area contributed by atoms with Crippen LogP contribution in [0.5, 0.6) is 11.5 Å². The van der Waals surface area contributed by atoms with Crippen LogP contribution >= 0.6 is 0 Å². The lowest BCUT2D eigenvalue weighted by molar-refractivity contribution is 0.0101. The van der Waals surface area contributed by atoms with Crippen LogP contribution in [0.2, 0.25) is 0 Å². The fourth-order valence-corrected chi connectivity index (χ4v) is 2.53. The highest BCUT2D eigenvalue weighted by Gasteiger charge is 2.16. The van der Waals surface area contributed by atoms with Crippen LogP contribution in [0, 0.1) is 0 Å². The fourth-order valence-electron chi connectivity index (χ4n) is 2.53. The van der Waals surface area contributed by atoms with Crippen molar-refractivity contribution < 1.29 is 23.7 Å². The second kappa shape index (κ2) is 19.2. The van der Waals surface area contributed by atoms with Crippen molar-refractivity contribution in [3.8, 4) is 11.5 Å². The number of fused-ring (bicyclic) bond motifs is 1. The van der Waals surface area contributed by atoms with Crippen LogP contribution in [0.1, 0.15) is 70.9 Å². The summed E-state index contributed by atoms with van der Waals surface area (Å²) in [5.74, 6) is 1.66. The van der Waals surface area contributed by atoms with E-state index in [9.17, 15) is 0 Å². The Labute approximate surface area is 188 Å². The molecule has 0 unspecified atom stereocenters. The maximum atomic E-state index is 5.75. The molecule has 1 heterocycles. The Morgan fingerprint density at radius 1 is 0.690 bits per heavy atom. The summed E-state index contributed by atoms with van der Waals surface area (Å²) in [7, 11) is 0. The molecule has 0 fully saturated rings. The Bertz CT molecular complexity index is 508. The van der Waals surface area contributed by atoms with Gasteiger partial charge < -0.3 is 23.7 Å². The van der Waals surface area contributed by atoms with Crippen molar-refractivity contribution in [2.45, 2.75) is 72.8 Å². The van der Waals surface area contributed by atoms with Crippen molar-refractivity contribution in [1.82, 2.24) is 0 Å². The highest BCUT2D eigenvalue weighted by atomic mass is 27.0. The minimum atomic E-state index is 0. The van der Waals surface area contributed by atoms with Gasteiger partial charge in [-0.25, -0.2) is 0 Å². The van der Waals surface area contributed by atoms with Gasteiger partial charge in [-0.3, -0.25) is 0 Å². The van der Waals surface area contributed by atoms with Gasteiger partial charge in [0.05, 0.1) is 33.0 Å². The van der Waals surface area contributed by atoms with Gasteiger partial charge in [-0.15, -0.1) is 0 Å². The molecule has 1 aromatic rings. The first kappa shape index (κ1) is 28.2. The van der Waals surface area contributed by atoms with E-state index in [0.717, 1.165) is 43.8 Å². The number of hydrogen-bond donors (Lipinski definition) is 0. The number of aryl methyl sites for hydroxylation is 1. The minimum absolute atomic E-state index is 0. The summed E-state index contributed by atoms with van der Waals surface area (Å²) in [5.41, 5.74) is 2.44. The molecule has 29 heavy (non-hydrogen) atoms. The Balaban J connectivity index is 0.00000143. The average molecular weight is 427 g/mol. The molecule has 2 rings (SSSR count). The third kappa shape index (κ3) is 12.5. The van der Waals surface area contributed by atoms with Crippen LogP contribution in [0.4, 0.5) is 0 Å². The average Bonchev–Trinajstić information content (AvgIpc) is 3.17. The Kier molecular flexibility index (Phi) is 18.7. The fraction of sp³-hybridized carbons (Fsp3) is 0.739. The molecule has 1 aliphatic rings. The van der Waals surface area contributed by atoms with Gasteiger partial charge in [0.15, 0.2) is 28.9 Å². The van der Waals surface area contributed by atoms with E-state index >= 15 is 0 Å². The smallest absolute Gasteiger partial charge is 0.231 e. The maximum absolute atomic E-state index is 5.75. The van der Waals surface area contributed by atoms with Crippen molar-refractivity contribution in [1.29, 1.82) is 0 Å². The van der Waals surface area contributed by atoms with E-state index in [2.05, 4.69) is 33.8 Å². The van der Waals surface area contributed by atoms with Crippen molar-refractivity contribution in [2.75, 3.05) is 39.8 Å². The third-order valence-electron chi connectivity index (χ3n) is 4.36. The maximum Gasteiger partial charge on any atom is 0.231 e. The van der Waals surface area contributed by atoms with Gasteiger partial charge in [-0.1, -0.05) is 53.4 Å². The molecule has 5 nitrogen and oxygen atoms in total. The zero-order valence-electron chi connectivity index (χ0n) is 18.4. The summed E-state index contributed by atoms with van der Waals surface area (Å²) in [4.78, 5) is 0. The zero-order chi connectivity index (χ0) is 20.5. The van der Waals surface area contributed by atoms with Gasteiger partial charge in [0, 0.05) is 6.61 Å². The number of unbranched alkanes of at least 4 members (excludes halogenated alkanes) is 2.